The normalized spacial score (nSPS) is 11.7. The van der Waals surface area contributed by atoms with Crippen molar-refractivity contribution in [2.24, 2.45) is 0 Å². The second-order valence-electron chi connectivity index (χ2n) is 5.45. The Bertz CT molecular complexity index is 903. The van der Waals surface area contributed by atoms with Gasteiger partial charge in [-0.05, 0) is 30.2 Å². The average molecular weight is 348 g/mol. The second-order valence-corrected chi connectivity index (χ2v) is 5.45. The number of halogens is 3. The Balaban J connectivity index is 1.96. The number of hydrogen-bond acceptors (Lipinski definition) is 3. The Labute approximate surface area is 141 Å². The molecule has 8 heteroatoms. The molecule has 3 aromatic heterocycles. The van der Waals surface area contributed by atoms with Gasteiger partial charge in [0.25, 0.3) is 5.91 Å². The predicted molar refractivity (Wildman–Crippen MR) is 85.0 cm³/mol. The molecule has 0 aromatic carbocycles. The summed E-state index contributed by atoms with van der Waals surface area (Å²) < 4.78 is 40.1. The molecule has 3 aromatic rings. The Hall–Kier alpha value is -2.90. The van der Waals surface area contributed by atoms with Crippen molar-refractivity contribution in [1.82, 2.24) is 19.7 Å². The van der Waals surface area contributed by atoms with Crippen LogP contribution in [0.1, 0.15) is 34.2 Å². The van der Waals surface area contributed by atoms with Gasteiger partial charge in [0.15, 0.2) is 0 Å². The van der Waals surface area contributed by atoms with Crippen LogP contribution < -0.4 is 5.32 Å². The number of nitrogens with one attached hydrogen (secondary N) is 1. The molecule has 0 fully saturated rings. The van der Waals surface area contributed by atoms with E-state index in [0.29, 0.717) is 17.8 Å². The number of rotatable bonds is 4. The van der Waals surface area contributed by atoms with E-state index in [-0.39, 0.29) is 12.2 Å². The monoisotopic (exact) mass is 348 g/mol. The molecule has 1 N–H and O–H groups in total. The van der Waals surface area contributed by atoms with E-state index < -0.39 is 17.6 Å². The maximum Gasteiger partial charge on any atom is 0.417 e. The van der Waals surface area contributed by atoms with Crippen LogP contribution in [0.3, 0.4) is 0 Å². The van der Waals surface area contributed by atoms with Crippen molar-refractivity contribution in [3.05, 3.63) is 65.4 Å². The summed E-state index contributed by atoms with van der Waals surface area (Å²) in [7, 11) is 0. The van der Waals surface area contributed by atoms with Gasteiger partial charge in [-0.1, -0.05) is 13.0 Å². The largest absolute Gasteiger partial charge is 0.417 e. The molecule has 0 saturated heterocycles. The van der Waals surface area contributed by atoms with Crippen LogP contribution in [0.25, 0.3) is 5.65 Å². The summed E-state index contributed by atoms with van der Waals surface area (Å²) in [5, 5.41) is 2.71. The minimum atomic E-state index is -4.49. The first-order valence-electron chi connectivity index (χ1n) is 7.65. The summed E-state index contributed by atoms with van der Waals surface area (Å²) in [6, 6.07) is 5.76. The lowest BCUT2D eigenvalue weighted by Crippen LogP contribution is -2.25. The third-order valence-corrected chi connectivity index (χ3v) is 3.74. The summed E-state index contributed by atoms with van der Waals surface area (Å²) in [5.74, 6) is -0.479. The van der Waals surface area contributed by atoms with E-state index in [4.69, 9.17) is 0 Å². The van der Waals surface area contributed by atoms with Crippen molar-refractivity contribution in [2.75, 3.05) is 0 Å². The van der Waals surface area contributed by atoms with E-state index in [2.05, 4.69) is 15.3 Å². The zero-order valence-electron chi connectivity index (χ0n) is 13.3. The number of nitrogens with zero attached hydrogens (tertiary/aromatic N) is 3. The van der Waals surface area contributed by atoms with Crippen molar-refractivity contribution >= 4 is 11.6 Å². The number of hydrogen-bond donors (Lipinski definition) is 1. The SMILES string of the molecule is CCc1nc2ccc(C(F)(F)F)cn2c1C(=O)NCc1cccnc1. The summed E-state index contributed by atoms with van der Waals surface area (Å²) in [6.07, 6.45) is 0.0639. The molecule has 0 aliphatic rings. The first kappa shape index (κ1) is 16.9. The van der Waals surface area contributed by atoms with Crippen molar-refractivity contribution < 1.29 is 18.0 Å². The highest BCUT2D eigenvalue weighted by molar-refractivity contribution is 5.94. The molecule has 0 unspecified atom stereocenters. The molecule has 25 heavy (non-hydrogen) atoms. The Morgan fingerprint density at radius 1 is 1.28 bits per heavy atom. The number of alkyl halides is 3. The molecule has 1 amide bonds. The minimum Gasteiger partial charge on any atom is -0.347 e. The van der Waals surface area contributed by atoms with Crippen LogP contribution in [0.15, 0.2) is 42.9 Å². The fourth-order valence-corrected chi connectivity index (χ4v) is 2.52. The molecule has 0 radical (unpaired) electrons. The van der Waals surface area contributed by atoms with Gasteiger partial charge in [-0.3, -0.25) is 14.2 Å². The topological polar surface area (TPSA) is 59.3 Å². The molecule has 0 aliphatic carbocycles. The van der Waals surface area contributed by atoms with Crippen molar-refractivity contribution in [2.45, 2.75) is 26.1 Å². The van der Waals surface area contributed by atoms with E-state index >= 15 is 0 Å². The van der Waals surface area contributed by atoms with E-state index in [1.807, 2.05) is 0 Å². The summed E-state index contributed by atoms with van der Waals surface area (Å²) >= 11 is 0. The third-order valence-electron chi connectivity index (χ3n) is 3.74. The molecule has 0 spiro atoms. The van der Waals surface area contributed by atoms with Crippen molar-refractivity contribution in [1.29, 1.82) is 0 Å². The molecule has 3 rings (SSSR count). The predicted octanol–water partition coefficient (Wildman–Crippen LogP) is 3.24. The van der Waals surface area contributed by atoms with Gasteiger partial charge in [0.05, 0.1) is 11.3 Å². The molecule has 0 bridgehead atoms. The van der Waals surface area contributed by atoms with Crippen LogP contribution in [0.4, 0.5) is 13.2 Å². The molecule has 130 valence electrons. The molecular weight excluding hydrogens is 333 g/mol. The lowest BCUT2D eigenvalue weighted by atomic mass is 10.2. The number of aromatic nitrogens is 3. The lowest BCUT2D eigenvalue weighted by molar-refractivity contribution is -0.137. The first-order chi connectivity index (χ1) is 11.9. The van der Waals surface area contributed by atoms with Crippen LogP contribution >= 0.6 is 0 Å². The number of imidazole rings is 1. The van der Waals surface area contributed by atoms with Crippen molar-refractivity contribution in [3.63, 3.8) is 0 Å². The van der Waals surface area contributed by atoms with Gasteiger partial charge in [-0.25, -0.2) is 4.98 Å². The summed E-state index contributed by atoms with van der Waals surface area (Å²) in [5.41, 5.74) is 0.826. The quantitative estimate of drug-likeness (QED) is 0.787. The second kappa shape index (κ2) is 6.54. The van der Waals surface area contributed by atoms with E-state index in [1.165, 1.54) is 10.5 Å². The number of carbonyl (C=O) groups is 1. The van der Waals surface area contributed by atoms with Gasteiger partial charge in [-0.2, -0.15) is 13.2 Å². The number of pyridine rings is 2. The molecule has 0 aliphatic heterocycles. The molecule has 0 atom stereocenters. The Morgan fingerprint density at radius 2 is 2.08 bits per heavy atom. The summed E-state index contributed by atoms with van der Waals surface area (Å²) in [6.45, 7) is 2.02. The highest BCUT2D eigenvalue weighted by atomic mass is 19.4. The van der Waals surface area contributed by atoms with Gasteiger partial charge in [0, 0.05) is 25.1 Å². The minimum absolute atomic E-state index is 0.118. The highest BCUT2D eigenvalue weighted by Gasteiger charge is 2.31. The van der Waals surface area contributed by atoms with Crippen LogP contribution in [-0.4, -0.2) is 20.3 Å². The van der Waals surface area contributed by atoms with Gasteiger partial charge in [-0.15, -0.1) is 0 Å². The number of amides is 1. The molecular formula is C17H15F3N4O. The maximum atomic E-state index is 13.0. The number of carbonyl (C=O) groups excluding carboxylic acids is 1. The zero-order chi connectivity index (χ0) is 18.0. The standard InChI is InChI=1S/C17H15F3N4O/c1-2-13-15(16(25)22-9-11-4-3-7-21-8-11)24-10-12(17(18,19)20)5-6-14(24)23-13/h3-8,10H,2,9H2,1H3,(H,22,25). The van der Waals surface area contributed by atoms with Gasteiger partial charge >= 0.3 is 6.18 Å². The van der Waals surface area contributed by atoms with E-state index in [1.54, 1.807) is 31.5 Å². The average Bonchev–Trinajstić information content (AvgIpc) is 2.97. The zero-order valence-corrected chi connectivity index (χ0v) is 13.3. The fraction of sp³-hybridized carbons (Fsp3) is 0.235. The van der Waals surface area contributed by atoms with Crippen molar-refractivity contribution in [3.8, 4) is 0 Å². The van der Waals surface area contributed by atoms with Gasteiger partial charge < -0.3 is 5.32 Å². The fourth-order valence-electron chi connectivity index (χ4n) is 2.52. The third kappa shape index (κ3) is 3.47. The summed E-state index contributed by atoms with van der Waals surface area (Å²) in [4.78, 5) is 20.8. The first-order valence-corrected chi connectivity index (χ1v) is 7.65. The molecule has 0 saturated carbocycles. The molecule has 5 nitrogen and oxygen atoms in total. The van der Waals surface area contributed by atoms with Gasteiger partial charge in [0.2, 0.25) is 0 Å². The van der Waals surface area contributed by atoms with Crippen LogP contribution in [-0.2, 0) is 19.1 Å². The smallest absolute Gasteiger partial charge is 0.347 e. The lowest BCUT2D eigenvalue weighted by Gasteiger charge is -2.09. The number of aryl methyl sites for hydroxylation is 1. The van der Waals surface area contributed by atoms with Crippen LogP contribution in [0, 0.1) is 0 Å². The van der Waals surface area contributed by atoms with Crippen LogP contribution in [0.5, 0.6) is 0 Å². The maximum absolute atomic E-state index is 13.0. The number of fused-ring (bicyclic) bond motifs is 1. The van der Waals surface area contributed by atoms with Crippen LogP contribution in [0.2, 0.25) is 0 Å². The van der Waals surface area contributed by atoms with E-state index in [9.17, 15) is 18.0 Å². The molecule has 3 heterocycles. The Kier molecular flexibility index (Phi) is 4.43. The van der Waals surface area contributed by atoms with E-state index in [0.717, 1.165) is 17.8 Å². The Morgan fingerprint density at radius 3 is 2.72 bits per heavy atom. The van der Waals surface area contributed by atoms with Gasteiger partial charge in [0.1, 0.15) is 11.3 Å². The highest BCUT2D eigenvalue weighted by Crippen LogP contribution is 2.30.